The maximum atomic E-state index is 13.2. The first-order chi connectivity index (χ1) is 16.3. The highest BCUT2D eigenvalue weighted by atomic mass is 35.5. The highest BCUT2D eigenvalue weighted by Gasteiger charge is 2.49. The number of hydrogen-bond donors (Lipinski definition) is 1. The number of piperidine rings is 1. The molecule has 0 aliphatic carbocycles. The molecule has 2 aromatic rings. The minimum atomic E-state index is -0.809. The van der Waals surface area contributed by atoms with E-state index in [1.54, 1.807) is 42.4 Å². The molecule has 0 bridgehead atoms. The summed E-state index contributed by atoms with van der Waals surface area (Å²) in [6.45, 7) is 2.81. The number of Topliss-reactive ketones (excluding diaryl/α,β-unsaturated/α-hetero) is 1. The van der Waals surface area contributed by atoms with Crippen LogP contribution in [-0.4, -0.2) is 63.4 Å². The Labute approximate surface area is 206 Å². The fraction of sp³-hybridized carbons (Fsp3) is 0.333. The Kier molecular flexibility index (Phi) is 7.09. The number of nitrogens with zero attached hydrogens (tertiary/aromatic N) is 3. The summed E-state index contributed by atoms with van der Waals surface area (Å²) >= 11 is 12.1. The van der Waals surface area contributed by atoms with Crippen molar-refractivity contribution in [2.45, 2.75) is 31.8 Å². The second-order valence-corrected chi connectivity index (χ2v) is 8.85. The van der Waals surface area contributed by atoms with Gasteiger partial charge in [-0.1, -0.05) is 23.2 Å². The van der Waals surface area contributed by atoms with Gasteiger partial charge >= 0.3 is 6.09 Å². The SMILES string of the molecule is CCOC(=O)N1CCC(N2C(=O)C(=O)/C(=C(/O)c3ccc(Cl)c(Cl)c3)C2c2ccncc2)CC1. The zero-order valence-corrected chi connectivity index (χ0v) is 19.9. The first kappa shape index (κ1) is 24.0. The summed E-state index contributed by atoms with van der Waals surface area (Å²) in [6, 6.07) is 6.81. The van der Waals surface area contributed by atoms with Crippen LogP contribution in [0.1, 0.15) is 36.9 Å². The van der Waals surface area contributed by atoms with Gasteiger partial charge in [0.15, 0.2) is 0 Å². The highest BCUT2D eigenvalue weighted by molar-refractivity contribution is 6.47. The average molecular weight is 504 g/mol. The van der Waals surface area contributed by atoms with E-state index in [0.29, 0.717) is 36.5 Å². The number of aromatic nitrogens is 1. The zero-order chi connectivity index (χ0) is 24.4. The number of amides is 2. The van der Waals surface area contributed by atoms with E-state index in [1.165, 1.54) is 17.0 Å². The minimum Gasteiger partial charge on any atom is -0.507 e. The molecule has 1 N–H and O–H groups in total. The van der Waals surface area contributed by atoms with Crippen LogP contribution >= 0.6 is 23.2 Å². The molecule has 10 heteroatoms. The summed E-state index contributed by atoms with van der Waals surface area (Å²) in [6.07, 6.45) is 3.68. The predicted octanol–water partition coefficient (Wildman–Crippen LogP) is 4.43. The van der Waals surface area contributed by atoms with E-state index >= 15 is 0 Å². The molecule has 1 aromatic heterocycles. The molecule has 178 valence electrons. The van der Waals surface area contributed by atoms with Gasteiger partial charge in [-0.2, -0.15) is 0 Å². The lowest BCUT2D eigenvalue weighted by Crippen LogP contribution is -2.48. The molecule has 1 atom stereocenters. The molecule has 0 radical (unpaired) electrons. The number of ether oxygens (including phenoxy) is 1. The summed E-state index contributed by atoms with van der Waals surface area (Å²) in [5, 5.41) is 11.7. The Morgan fingerprint density at radius 3 is 2.41 bits per heavy atom. The number of carbonyl (C=O) groups is 3. The van der Waals surface area contributed by atoms with E-state index in [0.717, 1.165) is 0 Å². The number of rotatable bonds is 4. The van der Waals surface area contributed by atoms with Gasteiger partial charge in [-0.15, -0.1) is 0 Å². The number of benzene rings is 1. The molecule has 0 saturated carbocycles. The highest BCUT2D eigenvalue weighted by Crippen LogP contribution is 2.42. The Balaban J connectivity index is 1.73. The van der Waals surface area contributed by atoms with Crippen molar-refractivity contribution in [1.29, 1.82) is 0 Å². The predicted molar refractivity (Wildman–Crippen MR) is 126 cm³/mol. The van der Waals surface area contributed by atoms with Crippen molar-refractivity contribution in [2.75, 3.05) is 19.7 Å². The third-order valence-corrected chi connectivity index (χ3v) is 6.82. The molecule has 4 rings (SSSR count). The Morgan fingerprint density at radius 2 is 1.79 bits per heavy atom. The number of halogens is 2. The van der Waals surface area contributed by atoms with Gasteiger partial charge in [0.2, 0.25) is 0 Å². The number of likely N-dealkylation sites (tertiary alicyclic amines) is 2. The Hall–Kier alpha value is -3.10. The van der Waals surface area contributed by atoms with E-state index in [-0.39, 0.29) is 34.6 Å². The summed E-state index contributed by atoms with van der Waals surface area (Å²) in [5.74, 6) is -1.80. The average Bonchev–Trinajstić information content (AvgIpc) is 3.11. The number of ketones is 1. The summed E-state index contributed by atoms with van der Waals surface area (Å²) < 4.78 is 5.07. The second kappa shape index (κ2) is 10.0. The fourth-order valence-electron chi connectivity index (χ4n) is 4.44. The maximum Gasteiger partial charge on any atom is 0.409 e. The van der Waals surface area contributed by atoms with Crippen LogP contribution in [0.5, 0.6) is 0 Å². The van der Waals surface area contributed by atoms with Gasteiger partial charge in [-0.3, -0.25) is 14.6 Å². The molecular formula is C24H23Cl2N3O5. The Morgan fingerprint density at radius 1 is 1.12 bits per heavy atom. The number of hydrogen-bond acceptors (Lipinski definition) is 6. The summed E-state index contributed by atoms with van der Waals surface area (Å²) in [7, 11) is 0. The minimum absolute atomic E-state index is 0.0255. The van der Waals surface area contributed by atoms with Gasteiger partial charge < -0.3 is 19.6 Å². The molecule has 2 aliphatic rings. The first-order valence-electron chi connectivity index (χ1n) is 10.9. The molecule has 2 amide bonds. The van der Waals surface area contributed by atoms with Gasteiger partial charge in [0.05, 0.1) is 28.3 Å². The normalized spacial score (nSPS) is 20.6. The zero-order valence-electron chi connectivity index (χ0n) is 18.4. The topological polar surface area (TPSA) is 100 Å². The fourth-order valence-corrected chi connectivity index (χ4v) is 4.74. The number of carbonyl (C=O) groups excluding carboxylic acids is 3. The molecule has 1 unspecified atom stereocenters. The molecule has 0 spiro atoms. The van der Waals surface area contributed by atoms with Gasteiger partial charge in [0.25, 0.3) is 11.7 Å². The lowest BCUT2D eigenvalue weighted by Gasteiger charge is -2.38. The molecule has 34 heavy (non-hydrogen) atoms. The summed E-state index contributed by atoms with van der Waals surface area (Å²) in [5.41, 5.74) is 0.898. The van der Waals surface area contributed by atoms with Crippen molar-refractivity contribution in [3.63, 3.8) is 0 Å². The lowest BCUT2D eigenvalue weighted by molar-refractivity contribution is -0.142. The van der Waals surface area contributed by atoms with Crippen molar-refractivity contribution in [3.8, 4) is 0 Å². The van der Waals surface area contributed by atoms with Crippen molar-refractivity contribution < 1.29 is 24.2 Å². The molecule has 8 nitrogen and oxygen atoms in total. The van der Waals surface area contributed by atoms with E-state index < -0.39 is 23.8 Å². The van der Waals surface area contributed by atoms with E-state index in [1.807, 2.05) is 0 Å². The second-order valence-electron chi connectivity index (χ2n) is 8.03. The quantitative estimate of drug-likeness (QED) is 0.376. The van der Waals surface area contributed by atoms with Gasteiger partial charge in [-0.05, 0) is 55.7 Å². The molecular weight excluding hydrogens is 481 g/mol. The molecule has 2 fully saturated rings. The van der Waals surface area contributed by atoms with Crippen LogP contribution in [-0.2, 0) is 14.3 Å². The van der Waals surface area contributed by atoms with E-state index in [9.17, 15) is 19.5 Å². The van der Waals surface area contributed by atoms with Crippen LogP contribution in [0.15, 0.2) is 48.3 Å². The lowest BCUT2D eigenvalue weighted by atomic mass is 9.94. The maximum absolute atomic E-state index is 13.2. The number of pyridine rings is 1. The van der Waals surface area contributed by atoms with Crippen molar-refractivity contribution >= 4 is 46.7 Å². The number of aliphatic hydroxyl groups is 1. The molecule has 2 saturated heterocycles. The standard InChI is InChI=1S/C24H23Cl2N3O5/c1-2-34-24(33)28-11-7-16(8-12-28)29-20(14-5-9-27-10-6-14)19(22(31)23(29)32)21(30)15-3-4-17(25)18(26)13-15/h3-6,9-10,13,16,20,30H,2,7-8,11-12H2,1H3/b21-19+. The van der Waals surface area contributed by atoms with Gasteiger partial charge in [0.1, 0.15) is 5.76 Å². The largest absolute Gasteiger partial charge is 0.507 e. The van der Waals surface area contributed by atoms with Crippen LogP contribution in [0.25, 0.3) is 5.76 Å². The Bertz CT molecular complexity index is 1150. The smallest absolute Gasteiger partial charge is 0.409 e. The van der Waals surface area contributed by atoms with Crippen LogP contribution in [0.3, 0.4) is 0 Å². The van der Waals surface area contributed by atoms with Crippen LogP contribution in [0, 0.1) is 0 Å². The molecule has 1 aromatic carbocycles. The van der Waals surface area contributed by atoms with E-state index in [4.69, 9.17) is 27.9 Å². The van der Waals surface area contributed by atoms with Crippen molar-refractivity contribution in [2.24, 2.45) is 0 Å². The van der Waals surface area contributed by atoms with Gasteiger partial charge in [0, 0.05) is 37.1 Å². The third kappa shape index (κ3) is 4.48. The van der Waals surface area contributed by atoms with Crippen LogP contribution < -0.4 is 0 Å². The monoisotopic (exact) mass is 503 g/mol. The third-order valence-electron chi connectivity index (χ3n) is 6.08. The summed E-state index contributed by atoms with van der Waals surface area (Å²) in [4.78, 5) is 45.7. The van der Waals surface area contributed by atoms with Gasteiger partial charge in [-0.25, -0.2) is 4.79 Å². The van der Waals surface area contributed by atoms with Crippen molar-refractivity contribution in [3.05, 3.63) is 69.5 Å². The first-order valence-corrected chi connectivity index (χ1v) is 11.7. The van der Waals surface area contributed by atoms with E-state index in [2.05, 4.69) is 4.98 Å². The molecule has 3 heterocycles. The van der Waals surface area contributed by atoms with Crippen molar-refractivity contribution in [1.82, 2.24) is 14.8 Å². The van der Waals surface area contributed by atoms with Crippen LogP contribution in [0.4, 0.5) is 4.79 Å². The number of aliphatic hydroxyl groups excluding tert-OH is 1. The van der Waals surface area contributed by atoms with Crippen LogP contribution in [0.2, 0.25) is 10.0 Å². The molecule has 2 aliphatic heterocycles.